The molecule has 0 spiro atoms. The summed E-state index contributed by atoms with van der Waals surface area (Å²) in [6.07, 6.45) is 3.89. The molecule has 1 saturated carbocycles. The van der Waals surface area contributed by atoms with E-state index in [9.17, 15) is 5.11 Å². The van der Waals surface area contributed by atoms with Crippen LogP contribution in [-0.2, 0) is 6.54 Å². The molecule has 6 heteroatoms. The van der Waals surface area contributed by atoms with E-state index < -0.39 is 5.60 Å². The van der Waals surface area contributed by atoms with Crippen molar-refractivity contribution >= 4 is 6.01 Å². The van der Waals surface area contributed by atoms with Crippen molar-refractivity contribution in [2.45, 2.75) is 64.1 Å². The Morgan fingerprint density at radius 3 is 2.55 bits per heavy atom. The highest BCUT2D eigenvalue weighted by atomic mass is 16.4. The highest BCUT2D eigenvalue weighted by Gasteiger charge is 2.33. The molecule has 1 fully saturated rings. The van der Waals surface area contributed by atoms with Crippen LogP contribution in [0.4, 0.5) is 6.01 Å². The Morgan fingerprint density at radius 1 is 1.30 bits per heavy atom. The molecule has 0 aromatic carbocycles. The van der Waals surface area contributed by atoms with Crippen LogP contribution >= 0.6 is 0 Å². The Morgan fingerprint density at radius 2 is 1.95 bits per heavy atom. The van der Waals surface area contributed by atoms with Gasteiger partial charge in [-0.05, 0) is 33.6 Å². The monoisotopic (exact) mass is 282 g/mol. The minimum absolute atomic E-state index is 0.0134. The molecule has 114 valence electrons. The van der Waals surface area contributed by atoms with E-state index in [1.54, 1.807) is 0 Å². The van der Waals surface area contributed by atoms with E-state index >= 15 is 0 Å². The molecule has 0 bridgehead atoms. The summed E-state index contributed by atoms with van der Waals surface area (Å²) >= 11 is 0. The fourth-order valence-corrected chi connectivity index (χ4v) is 2.51. The van der Waals surface area contributed by atoms with Crippen LogP contribution in [0.15, 0.2) is 4.42 Å². The van der Waals surface area contributed by atoms with Crippen LogP contribution in [0.5, 0.6) is 0 Å². The molecule has 1 aliphatic rings. The van der Waals surface area contributed by atoms with E-state index in [-0.39, 0.29) is 5.54 Å². The quantitative estimate of drug-likeness (QED) is 0.856. The van der Waals surface area contributed by atoms with Gasteiger partial charge in [0.25, 0.3) is 0 Å². The van der Waals surface area contributed by atoms with Gasteiger partial charge in [-0.3, -0.25) is 0 Å². The maximum Gasteiger partial charge on any atom is 0.318 e. The Labute approximate surface area is 120 Å². The van der Waals surface area contributed by atoms with Crippen molar-refractivity contribution in [2.75, 3.05) is 18.5 Å². The molecule has 1 aromatic heterocycles. The summed E-state index contributed by atoms with van der Waals surface area (Å²) in [5, 5.41) is 21.8. The molecule has 0 unspecified atom stereocenters. The van der Waals surface area contributed by atoms with Crippen molar-refractivity contribution in [2.24, 2.45) is 0 Å². The van der Waals surface area contributed by atoms with Crippen LogP contribution in [0.3, 0.4) is 0 Å². The van der Waals surface area contributed by atoms with Crippen molar-refractivity contribution in [3.05, 3.63) is 5.89 Å². The molecule has 2 rings (SSSR count). The number of nitrogens with zero attached hydrogens (tertiary/aromatic N) is 3. The predicted octanol–water partition coefficient (Wildman–Crippen LogP) is 1.70. The van der Waals surface area contributed by atoms with Gasteiger partial charge in [-0.2, -0.15) is 0 Å². The molecule has 1 aromatic rings. The number of aliphatic hydroxyl groups is 1. The second-order valence-corrected chi connectivity index (χ2v) is 6.87. The first-order chi connectivity index (χ1) is 9.27. The maximum atomic E-state index is 10.4. The Bertz CT molecular complexity index is 433. The molecule has 0 radical (unpaired) electrons. The molecule has 20 heavy (non-hydrogen) atoms. The second kappa shape index (κ2) is 5.69. The van der Waals surface area contributed by atoms with Crippen LogP contribution < -0.4 is 10.2 Å². The van der Waals surface area contributed by atoms with E-state index in [2.05, 4.69) is 36.3 Å². The molecular weight excluding hydrogens is 256 g/mol. The summed E-state index contributed by atoms with van der Waals surface area (Å²) in [6, 6.07) is 0.469. The van der Waals surface area contributed by atoms with Crippen LogP contribution in [0.25, 0.3) is 0 Å². The van der Waals surface area contributed by atoms with Gasteiger partial charge in [0, 0.05) is 12.6 Å². The van der Waals surface area contributed by atoms with E-state index in [1.165, 1.54) is 0 Å². The lowest BCUT2D eigenvalue weighted by atomic mass is 10.0. The molecule has 0 amide bonds. The first-order valence-electron chi connectivity index (χ1n) is 7.28. The number of likely N-dealkylation sites (N-methyl/N-ethyl adjacent to an activating group) is 1. The summed E-state index contributed by atoms with van der Waals surface area (Å²) in [6.45, 7) is 7.36. The van der Waals surface area contributed by atoms with E-state index in [0.29, 0.717) is 25.0 Å². The molecule has 1 heterocycles. The summed E-state index contributed by atoms with van der Waals surface area (Å²) in [5.74, 6) is 0.570. The molecule has 6 nitrogen and oxygen atoms in total. The number of rotatable bonds is 5. The summed E-state index contributed by atoms with van der Waals surface area (Å²) in [7, 11) is 1.88. The summed E-state index contributed by atoms with van der Waals surface area (Å²) in [4.78, 5) is 1.85. The van der Waals surface area contributed by atoms with Crippen LogP contribution in [0.1, 0.15) is 52.3 Å². The SMILES string of the molecule is CN(CC1(O)CCCC1)c1nnc(CNC(C)(C)C)o1. The number of anilines is 1. The van der Waals surface area contributed by atoms with Gasteiger partial charge >= 0.3 is 6.01 Å². The fraction of sp³-hybridized carbons (Fsp3) is 0.857. The van der Waals surface area contributed by atoms with Crippen molar-refractivity contribution in [3.63, 3.8) is 0 Å². The minimum atomic E-state index is -0.604. The molecule has 0 aliphatic heterocycles. The van der Waals surface area contributed by atoms with Gasteiger partial charge < -0.3 is 19.7 Å². The third kappa shape index (κ3) is 4.18. The van der Waals surface area contributed by atoms with E-state index in [1.807, 2.05) is 11.9 Å². The normalized spacial score (nSPS) is 18.4. The smallest absolute Gasteiger partial charge is 0.318 e. The van der Waals surface area contributed by atoms with Gasteiger partial charge in [0.2, 0.25) is 5.89 Å². The highest BCUT2D eigenvalue weighted by molar-refractivity contribution is 5.23. The van der Waals surface area contributed by atoms with E-state index in [4.69, 9.17) is 4.42 Å². The lowest BCUT2D eigenvalue weighted by Gasteiger charge is -2.27. The first-order valence-corrected chi connectivity index (χ1v) is 7.28. The van der Waals surface area contributed by atoms with Gasteiger partial charge in [-0.1, -0.05) is 17.9 Å². The first kappa shape index (κ1) is 15.3. The lowest BCUT2D eigenvalue weighted by molar-refractivity contribution is 0.0549. The molecule has 1 aliphatic carbocycles. The zero-order valence-electron chi connectivity index (χ0n) is 12.9. The van der Waals surface area contributed by atoms with Crippen LogP contribution in [0.2, 0.25) is 0 Å². The van der Waals surface area contributed by atoms with Gasteiger partial charge in [0.15, 0.2) is 0 Å². The lowest BCUT2D eigenvalue weighted by Crippen LogP contribution is -2.39. The van der Waals surface area contributed by atoms with Crippen LogP contribution in [-0.4, -0.2) is 40.0 Å². The second-order valence-electron chi connectivity index (χ2n) is 6.87. The average Bonchev–Trinajstić information content (AvgIpc) is 2.94. The third-order valence-electron chi connectivity index (χ3n) is 3.62. The Balaban J connectivity index is 1.91. The fourth-order valence-electron chi connectivity index (χ4n) is 2.51. The molecule has 2 N–H and O–H groups in total. The van der Waals surface area contributed by atoms with Crippen molar-refractivity contribution in [1.82, 2.24) is 15.5 Å². The molecule has 0 atom stereocenters. The van der Waals surface area contributed by atoms with Gasteiger partial charge in [-0.25, -0.2) is 0 Å². The summed E-state index contributed by atoms with van der Waals surface area (Å²) < 4.78 is 5.63. The number of aromatic nitrogens is 2. The van der Waals surface area contributed by atoms with E-state index in [0.717, 1.165) is 25.7 Å². The van der Waals surface area contributed by atoms with Crippen LogP contribution in [0, 0.1) is 0 Å². The predicted molar refractivity (Wildman–Crippen MR) is 77.6 cm³/mol. The largest absolute Gasteiger partial charge is 0.407 e. The summed E-state index contributed by atoms with van der Waals surface area (Å²) in [5.41, 5.74) is -0.591. The minimum Gasteiger partial charge on any atom is -0.407 e. The standard InChI is InChI=1S/C14H26N4O2/c1-13(2,3)15-9-11-16-17-12(20-11)18(4)10-14(19)7-5-6-8-14/h15,19H,5-10H2,1-4H3. The van der Waals surface area contributed by atoms with Crippen molar-refractivity contribution < 1.29 is 9.52 Å². The third-order valence-corrected chi connectivity index (χ3v) is 3.62. The molecular formula is C14H26N4O2. The molecule has 0 saturated heterocycles. The Kier molecular flexibility index (Phi) is 4.34. The van der Waals surface area contributed by atoms with Gasteiger partial charge in [0.1, 0.15) is 0 Å². The number of hydrogen-bond donors (Lipinski definition) is 2. The number of hydrogen-bond acceptors (Lipinski definition) is 6. The van der Waals surface area contributed by atoms with Gasteiger partial charge in [0.05, 0.1) is 18.7 Å². The highest BCUT2D eigenvalue weighted by Crippen LogP contribution is 2.30. The van der Waals surface area contributed by atoms with Crippen molar-refractivity contribution in [1.29, 1.82) is 0 Å². The topological polar surface area (TPSA) is 74.4 Å². The van der Waals surface area contributed by atoms with Gasteiger partial charge in [-0.15, -0.1) is 5.10 Å². The zero-order valence-corrected chi connectivity index (χ0v) is 12.9. The zero-order chi connectivity index (χ0) is 14.8. The van der Waals surface area contributed by atoms with Crippen molar-refractivity contribution in [3.8, 4) is 0 Å². The Hall–Kier alpha value is -1.14. The number of nitrogens with one attached hydrogen (secondary N) is 1. The average molecular weight is 282 g/mol. The maximum absolute atomic E-state index is 10.4.